The zero-order valence-corrected chi connectivity index (χ0v) is 19.1. The first-order chi connectivity index (χ1) is 15.3. The minimum Gasteiger partial charge on any atom is -0.331 e. The topological polar surface area (TPSA) is 97.2 Å². The Hall–Kier alpha value is -3.11. The average Bonchev–Trinajstić information content (AvgIpc) is 3.19. The summed E-state index contributed by atoms with van der Waals surface area (Å²) in [7, 11) is 0. The van der Waals surface area contributed by atoms with Gasteiger partial charge in [0.15, 0.2) is 5.11 Å². The number of thiazole rings is 1. The molecule has 0 atom stereocenters. The number of nitrogens with one attached hydrogen (secondary N) is 2. The van der Waals surface area contributed by atoms with Crippen LogP contribution in [0.2, 0.25) is 10.0 Å². The van der Waals surface area contributed by atoms with Gasteiger partial charge in [-0.2, -0.15) is 0 Å². The van der Waals surface area contributed by atoms with Crippen LogP contribution in [0.1, 0.15) is 10.4 Å². The predicted octanol–water partition coefficient (Wildman–Crippen LogP) is 6.31. The van der Waals surface area contributed by atoms with Crippen LogP contribution in [0, 0.1) is 10.1 Å². The fraction of sp³-hybridized carbons (Fsp3) is 0. The number of thiocarbonyl (C=S) groups is 1. The maximum atomic E-state index is 12.5. The Morgan fingerprint density at radius 1 is 1.09 bits per heavy atom. The molecule has 1 amide bonds. The van der Waals surface area contributed by atoms with Gasteiger partial charge in [-0.25, -0.2) is 4.98 Å². The van der Waals surface area contributed by atoms with Crippen LogP contribution >= 0.6 is 46.8 Å². The number of benzene rings is 3. The summed E-state index contributed by atoms with van der Waals surface area (Å²) in [4.78, 5) is 27.5. The van der Waals surface area contributed by atoms with Crippen LogP contribution in [0.3, 0.4) is 0 Å². The molecule has 0 aliphatic carbocycles. The lowest BCUT2D eigenvalue weighted by atomic mass is 10.2. The number of rotatable bonds is 4. The molecule has 0 bridgehead atoms. The highest BCUT2D eigenvalue weighted by molar-refractivity contribution is 7.80. The molecule has 0 aliphatic rings. The van der Waals surface area contributed by atoms with Gasteiger partial charge in [-0.1, -0.05) is 41.4 Å². The van der Waals surface area contributed by atoms with Gasteiger partial charge in [0.25, 0.3) is 11.6 Å². The van der Waals surface area contributed by atoms with Crippen molar-refractivity contribution in [2.45, 2.75) is 0 Å². The molecule has 0 saturated heterocycles. The Bertz CT molecular complexity index is 1360. The number of nitro groups is 1. The molecule has 0 spiro atoms. The van der Waals surface area contributed by atoms with Crippen LogP contribution in [0.5, 0.6) is 0 Å². The largest absolute Gasteiger partial charge is 0.331 e. The molecular formula is C21H12Cl2N4O3S2. The van der Waals surface area contributed by atoms with E-state index < -0.39 is 10.8 Å². The quantitative estimate of drug-likeness (QED) is 0.193. The highest BCUT2D eigenvalue weighted by Crippen LogP contribution is 2.40. The number of hydrogen-bond acceptors (Lipinski definition) is 6. The van der Waals surface area contributed by atoms with Gasteiger partial charge in [-0.05, 0) is 42.5 Å². The van der Waals surface area contributed by atoms with Crippen molar-refractivity contribution in [3.8, 4) is 10.6 Å². The highest BCUT2D eigenvalue weighted by atomic mass is 35.5. The zero-order valence-electron chi connectivity index (χ0n) is 16.0. The summed E-state index contributed by atoms with van der Waals surface area (Å²) in [5.74, 6) is -0.599. The average molecular weight is 503 g/mol. The number of fused-ring (bicyclic) bond motifs is 1. The Morgan fingerprint density at radius 2 is 1.88 bits per heavy atom. The normalized spacial score (nSPS) is 10.7. The third kappa shape index (κ3) is 4.71. The number of non-ortho nitro benzene ring substituents is 1. The summed E-state index contributed by atoms with van der Waals surface area (Å²) >= 11 is 19.4. The highest BCUT2D eigenvalue weighted by Gasteiger charge is 2.18. The van der Waals surface area contributed by atoms with Crippen LogP contribution in [-0.4, -0.2) is 20.9 Å². The van der Waals surface area contributed by atoms with Gasteiger partial charge >= 0.3 is 0 Å². The SMILES string of the molecule is O=C(NC(=S)Nc1c(Cl)cc(Cl)cc1-c1nc2ccccc2s1)c1cccc([N+](=O)[O-])c1. The fourth-order valence-electron chi connectivity index (χ4n) is 2.94. The maximum Gasteiger partial charge on any atom is 0.270 e. The van der Waals surface area contributed by atoms with E-state index in [1.807, 2.05) is 24.3 Å². The van der Waals surface area contributed by atoms with E-state index in [1.165, 1.54) is 35.6 Å². The van der Waals surface area contributed by atoms with E-state index in [9.17, 15) is 14.9 Å². The molecule has 11 heteroatoms. The molecule has 4 aromatic rings. The number of carbonyl (C=O) groups is 1. The van der Waals surface area contributed by atoms with Crippen molar-refractivity contribution in [3.63, 3.8) is 0 Å². The Balaban J connectivity index is 1.61. The van der Waals surface area contributed by atoms with E-state index in [1.54, 1.807) is 12.1 Å². The standard InChI is InChI=1S/C21H12Cl2N4O3S2/c22-12-9-14(20-24-16-6-1-2-7-17(16)32-20)18(15(23)10-12)25-21(31)26-19(28)11-4-3-5-13(8-11)27(29)30/h1-10H,(H2,25,26,28,31). The van der Waals surface area contributed by atoms with Crippen LogP contribution in [-0.2, 0) is 0 Å². The van der Waals surface area contributed by atoms with Crippen molar-refractivity contribution in [3.05, 3.63) is 86.4 Å². The molecule has 1 heterocycles. The van der Waals surface area contributed by atoms with Gasteiger partial charge in [-0.15, -0.1) is 11.3 Å². The Morgan fingerprint density at radius 3 is 2.62 bits per heavy atom. The van der Waals surface area contributed by atoms with Crippen molar-refractivity contribution < 1.29 is 9.72 Å². The van der Waals surface area contributed by atoms with Crippen molar-refractivity contribution >= 4 is 79.4 Å². The monoisotopic (exact) mass is 502 g/mol. The van der Waals surface area contributed by atoms with Crippen LogP contribution in [0.25, 0.3) is 20.8 Å². The minimum absolute atomic E-state index is 0.0342. The van der Waals surface area contributed by atoms with Gasteiger partial charge in [0, 0.05) is 28.3 Å². The number of amides is 1. The minimum atomic E-state index is -0.599. The maximum absolute atomic E-state index is 12.5. The van der Waals surface area contributed by atoms with Gasteiger partial charge < -0.3 is 5.32 Å². The Labute approximate surface area is 201 Å². The molecule has 3 aromatic carbocycles. The molecule has 0 unspecified atom stereocenters. The molecular weight excluding hydrogens is 491 g/mol. The van der Waals surface area contributed by atoms with Crippen molar-refractivity contribution in [1.29, 1.82) is 0 Å². The number of carbonyl (C=O) groups excluding carboxylic acids is 1. The van der Waals surface area contributed by atoms with Crippen molar-refractivity contribution in [2.75, 3.05) is 5.32 Å². The number of nitro benzene ring substituents is 1. The van der Waals surface area contributed by atoms with Gasteiger partial charge in [0.2, 0.25) is 0 Å². The van der Waals surface area contributed by atoms with E-state index in [-0.39, 0.29) is 16.4 Å². The van der Waals surface area contributed by atoms with Crippen molar-refractivity contribution in [2.24, 2.45) is 0 Å². The number of halogens is 2. The Kier molecular flexibility index (Phi) is 6.33. The lowest BCUT2D eigenvalue weighted by Crippen LogP contribution is -2.34. The summed E-state index contributed by atoms with van der Waals surface area (Å²) in [5, 5.41) is 17.7. The second-order valence-corrected chi connectivity index (χ2v) is 8.80. The van der Waals surface area contributed by atoms with E-state index in [4.69, 9.17) is 35.4 Å². The molecule has 0 aliphatic heterocycles. The van der Waals surface area contributed by atoms with Gasteiger partial charge in [0.1, 0.15) is 5.01 Å². The first-order valence-corrected chi connectivity index (χ1v) is 11.0. The predicted molar refractivity (Wildman–Crippen MR) is 132 cm³/mol. The summed E-state index contributed by atoms with van der Waals surface area (Å²) in [5.41, 5.74) is 1.78. The molecule has 7 nitrogen and oxygen atoms in total. The van der Waals surface area contributed by atoms with E-state index in [0.29, 0.717) is 26.3 Å². The van der Waals surface area contributed by atoms with Crippen LogP contribution in [0.15, 0.2) is 60.7 Å². The van der Waals surface area contributed by atoms with E-state index >= 15 is 0 Å². The van der Waals surface area contributed by atoms with E-state index in [2.05, 4.69) is 15.6 Å². The molecule has 0 saturated carbocycles. The smallest absolute Gasteiger partial charge is 0.270 e. The molecule has 4 rings (SSSR count). The number of nitrogens with zero attached hydrogens (tertiary/aromatic N) is 2. The number of anilines is 1. The summed E-state index contributed by atoms with van der Waals surface area (Å²) in [6.45, 7) is 0. The lowest BCUT2D eigenvalue weighted by molar-refractivity contribution is -0.384. The molecule has 1 aromatic heterocycles. The summed E-state index contributed by atoms with van der Waals surface area (Å²) in [6, 6.07) is 16.3. The molecule has 0 radical (unpaired) electrons. The number of hydrogen-bond donors (Lipinski definition) is 2. The molecule has 32 heavy (non-hydrogen) atoms. The first kappa shape index (κ1) is 22.1. The first-order valence-electron chi connectivity index (χ1n) is 9.03. The summed E-state index contributed by atoms with van der Waals surface area (Å²) in [6.07, 6.45) is 0. The molecule has 0 fully saturated rings. The second-order valence-electron chi connectivity index (χ2n) is 6.51. The molecule has 2 N–H and O–H groups in total. The van der Waals surface area contributed by atoms with Crippen LogP contribution in [0.4, 0.5) is 11.4 Å². The van der Waals surface area contributed by atoms with Gasteiger partial charge in [0.05, 0.1) is 25.8 Å². The molecule has 160 valence electrons. The van der Waals surface area contributed by atoms with Crippen LogP contribution < -0.4 is 10.6 Å². The second kappa shape index (κ2) is 9.17. The summed E-state index contributed by atoms with van der Waals surface area (Å²) < 4.78 is 0.992. The van der Waals surface area contributed by atoms with E-state index in [0.717, 1.165) is 10.2 Å². The zero-order chi connectivity index (χ0) is 22.8. The van der Waals surface area contributed by atoms with Gasteiger partial charge in [-0.3, -0.25) is 20.2 Å². The third-order valence-electron chi connectivity index (χ3n) is 4.36. The fourth-order valence-corrected chi connectivity index (χ4v) is 4.66. The third-order valence-corrected chi connectivity index (χ3v) is 6.15. The lowest BCUT2D eigenvalue weighted by Gasteiger charge is -2.14. The van der Waals surface area contributed by atoms with Crippen molar-refractivity contribution in [1.82, 2.24) is 10.3 Å². The number of aromatic nitrogens is 1. The number of para-hydroxylation sites is 1.